The van der Waals surface area contributed by atoms with Crippen LogP contribution < -0.4 is 16.2 Å². The Labute approximate surface area is 126 Å². The van der Waals surface area contributed by atoms with E-state index in [4.69, 9.17) is 10.6 Å². The maximum Gasteiger partial charge on any atom is 0.158 e. The second kappa shape index (κ2) is 6.55. The fourth-order valence-electron chi connectivity index (χ4n) is 2.80. The third-order valence-electron chi connectivity index (χ3n) is 4.34. The van der Waals surface area contributed by atoms with E-state index in [9.17, 15) is 0 Å². The molecule has 1 aromatic heterocycles. The van der Waals surface area contributed by atoms with Crippen LogP contribution >= 0.6 is 0 Å². The highest BCUT2D eigenvalue weighted by molar-refractivity contribution is 5.48. The Hall–Kier alpha value is -1.44. The van der Waals surface area contributed by atoms with Gasteiger partial charge >= 0.3 is 0 Å². The smallest absolute Gasteiger partial charge is 0.158 e. The number of hydrazine groups is 1. The zero-order chi connectivity index (χ0) is 15.5. The van der Waals surface area contributed by atoms with Crippen LogP contribution in [0.25, 0.3) is 0 Å². The number of rotatable bonds is 7. The highest BCUT2D eigenvalue weighted by Crippen LogP contribution is 2.37. The van der Waals surface area contributed by atoms with E-state index in [1.807, 2.05) is 6.07 Å². The fourth-order valence-corrected chi connectivity index (χ4v) is 2.80. The fraction of sp³-hybridized carbons (Fsp3) is 0.714. The topological polar surface area (TPSA) is 79.5 Å². The molecule has 0 atom stereocenters. The van der Waals surface area contributed by atoms with Crippen molar-refractivity contribution < 1.29 is 4.74 Å². The summed E-state index contributed by atoms with van der Waals surface area (Å²) >= 11 is 0. The van der Waals surface area contributed by atoms with E-state index in [-0.39, 0.29) is 5.54 Å². The normalized spacial score (nSPS) is 16.7. The lowest BCUT2D eigenvalue weighted by Gasteiger charge is -2.49. The first-order valence-electron chi connectivity index (χ1n) is 7.23. The molecule has 0 saturated heterocycles. The van der Waals surface area contributed by atoms with Crippen LogP contribution in [0.2, 0.25) is 0 Å². The van der Waals surface area contributed by atoms with Crippen LogP contribution in [0.15, 0.2) is 6.07 Å². The Morgan fingerprint density at radius 1 is 1.33 bits per heavy atom. The van der Waals surface area contributed by atoms with Gasteiger partial charge in [-0.3, -0.25) is 0 Å². The molecule has 1 aromatic rings. The molecular formula is C14H26N6O. The summed E-state index contributed by atoms with van der Waals surface area (Å²) in [6, 6.07) is 1.86. The maximum absolute atomic E-state index is 5.49. The van der Waals surface area contributed by atoms with Gasteiger partial charge in [0.25, 0.3) is 0 Å². The Morgan fingerprint density at radius 2 is 2.05 bits per heavy atom. The first kappa shape index (κ1) is 15.9. The summed E-state index contributed by atoms with van der Waals surface area (Å²) in [6.45, 7) is 1.31. The van der Waals surface area contributed by atoms with Gasteiger partial charge in [0.05, 0.1) is 0 Å². The Kier molecular flexibility index (Phi) is 4.97. The minimum Gasteiger partial charge on any atom is -0.377 e. The number of likely N-dealkylation sites (N-methyl/N-ethyl adjacent to an activating group) is 2. The molecule has 0 amide bonds. The monoisotopic (exact) mass is 294 g/mol. The first-order chi connectivity index (χ1) is 10.0. The summed E-state index contributed by atoms with van der Waals surface area (Å²) in [4.78, 5) is 13.3. The molecule has 0 unspecified atom stereocenters. The number of nitrogen functional groups attached to an aromatic ring is 1. The van der Waals surface area contributed by atoms with Gasteiger partial charge in [-0.2, -0.15) is 0 Å². The Morgan fingerprint density at radius 3 is 2.52 bits per heavy atom. The molecule has 0 radical (unpaired) electrons. The number of hydrogen-bond acceptors (Lipinski definition) is 7. The Balaban J connectivity index is 2.17. The number of aromatic nitrogens is 2. The molecule has 1 saturated carbocycles. The third kappa shape index (κ3) is 3.42. The lowest BCUT2D eigenvalue weighted by atomic mass is 9.75. The van der Waals surface area contributed by atoms with Gasteiger partial charge in [0, 0.05) is 32.3 Å². The first-order valence-corrected chi connectivity index (χ1v) is 7.23. The zero-order valence-corrected chi connectivity index (χ0v) is 13.4. The maximum atomic E-state index is 5.49. The predicted molar refractivity (Wildman–Crippen MR) is 84.1 cm³/mol. The lowest BCUT2D eigenvalue weighted by molar-refractivity contribution is 0.0681. The summed E-state index contributed by atoms with van der Waals surface area (Å²) in [6.07, 6.45) is 3.74. The lowest BCUT2D eigenvalue weighted by Crippen LogP contribution is -2.56. The van der Waals surface area contributed by atoms with Crippen LogP contribution in [0.1, 0.15) is 25.1 Å². The van der Waals surface area contributed by atoms with Crippen LogP contribution in [0, 0.1) is 0 Å². The largest absolute Gasteiger partial charge is 0.377 e. The molecule has 3 N–H and O–H groups in total. The highest BCUT2D eigenvalue weighted by atomic mass is 16.5. The van der Waals surface area contributed by atoms with Crippen molar-refractivity contribution in [3.8, 4) is 0 Å². The van der Waals surface area contributed by atoms with Crippen molar-refractivity contribution in [3.05, 3.63) is 11.9 Å². The molecule has 0 bridgehead atoms. The van der Waals surface area contributed by atoms with Crippen molar-refractivity contribution in [1.29, 1.82) is 0 Å². The van der Waals surface area contributed by atoms with E-state index in [1.165, 1.54) is 19.3 Å². The van der Waals surface area contributed by atoms with E-state index in [1.54, 1.807) is 7.11 Å². The van der Waals surface area contributed by atoms with Crippen molar-refractivity contribution in [2.24, 2.45) is 5.84 Å². The van der Waals surface area contributed by atoms with E-state index in [0.717, 1.165) is 12.4 Å². The van der Waals surface area contributed by atoms with E-state index < -0.39 is 0 Å². The van der Waals surface area contributed by atoms with E-state index >= 15 is 0 Å². The van der Waals surface area contributed by atoms with Gasteiger partial charge in [0.15, 0.2) is 5.82 Å². The molecular weight excluding hydrogens is 268 g/mol. The second-order valence-corrected chi connectivity index (χ2v) is 5.93. The molecule has 7 nitrogen and oxygen atoms in total. The molecule has 1 heterocycles. The number of nitrogens with one attached hydrogen (secondary N) is 1. The SMILES string of the molecule is COCc1nc(NN)cc(N(C)CC2(N(C)C)CCC2)n1. The predicted octanol–water partition coefficient (Wildman–Crippen LogP) is 0.829. The molecule has 2 rings (SSSR count). The van der Waals surface area contributed by atoms with Crippen LogP contribution in [0.4, 0.5) is 11.6 Å². The molecule has 1 aliphatic carbocycles. The molecule has 0 aliphatic heterocycles. The van der Waals surface area contributed by atoms with Gasteiger partial charge in [-0.15, -0.1) is 0 Å². The van der Waals surface area contributed by atoms with Crippen LogP contribution in [0.3, 0.4) is 0 Å². The van der Waals surface area contributed by atoms with Crippen molar-refractivity contribution >= 4 is 11.6 Å². The third-order valence-corrected chi connectivity index (χ3v) is 4.34. The van der Waals surface area contributed by atoms with Crippen molar-refractivity contribution in [2.75, 3.05) is 45.1 Å². The van der Waals surface area contributed by atoms with Crippen LogP contribution in [-0.4, -0.2) is 55.2 Å². The number of methoxy groups -OCH3 is 1. The van der Waals surface area contributed by atoms with Gasteiger partial charge in [-0.25, -0.2) is 15.8 Å². The molecule has 0 spiro atoms. The number of nitrogens with two attached hydrogens (primary N) is 1. The van der Waals surface area contributed by atoms with E-state index in [0.29, 0.717) is 18.2 Å². The van der Waals surface area contributed by atoms with Gasteiger partial charge in [-0.1, -0.05) is 0 Å². The molecule has 0 aromatic carbocycles. The van der Waals surface area contributed by atoms with Crippen molar-refractivity contribution in [1.82, 2.24) is 14.9 Å². The molecule has 118 valence electrons. The van der Waals surface area contributed by atoms with Crippen LogP contribution in [0.5, 0.6) is 0 Å². The average molecular weight is 294 g/mol. The van der Waals surface area contributed by atoms with Gasteiger partial charge in [0.1, 0.15) is 18.2 Å². The summed E-state index contributed by atoms with van der Waals surface area (Å²) in [5.41, 5.74) is 2.84. The zero-order valence-electron chi connectivity index (χ0n) is 13.4. The second-order valence-electron chi connectivity index (χ2n) is 5.93. The molecule has 7 heteroatoms. The minimum atomic E-state index is 0.247. The van der Waals surface area contributed by atoms with Crippen molar-refractivity contribution in [2.45, 2.75) is 31.4 Å². The number of nitrogens with zero attached hydrogens (tertiary/aromatic N) is 4. The average Bonchev–Trinajstić information content (AvgIpc) is 2.42. The molecule has 1 aliphatic rings. The van der Waals surface area contributed by atoms with Crippen molar-refractivity contribution in [3.63, 3.8) is 0 Å². The Bertz CT molecular complexity index is 475. The van der Waals surface area contributed by atoms with Gasteiger partial charge in [-0.05, 0) is 33.4 Å². The van der Waals surface area contributed by atoms with Crippen LogP contribution in [-0.2, 0) is 11.3 Å². The number of ether oxygens (including phenoxy) is 1. The standard InChI is InChI=1S/C14H26N6O/c1-19(2)14(6-5-7-14)10-20(3)13-8-11(18-15)16-12(17-13)9-21-4/h8H,5-7,9-10,15H2,1-4H3,(H,16,17,18). The summed E-state index contributed by atoms with van der Waals surface area (Å²) in [5.74, 6) is 7.58. The minimum absolute atomic E-state index is 0.247. The van der Waals surface area contributed by atoms with Gasteiger partial charge in [0.2, 0.25) is 0 Å². The molecule has 21 heavy (non-hydrogen) atoms. The highest BCUT2D eigenvalue weighted by Gasteiger charge is 2.40. The number of hydrogen-bond donors (Lipinski definition) is 2. The number of anilines is 2. The molecule has 1 fully saturated rings. The van der Waals surface area contributed by atoms with Gasteiger partial charge < -0.3 is 20.0 Å². The van der Waals surface area contributed by atoms with E-state index in [2.05, 4.69) is 46.3 Å². The quantitative estimate of drug-likeness (QED) is 0.569. The summed E-state index contributed by atoms with van der Waals surface area (Å²) < 4.78 is 5.11. The summed E-state index contributed by atoms with van der Waals surface area (Å²) in [5, 5.41) is 0. The summed E-state index contributed by atoms with van der Waals surface area (Å²) in [7, 11) is 7.99.